The fourth-order valence-electron chi connectivity index (χ4n) is 3.64. The van der Waals surface area contributed by atoms with Crippen molar-refractivity contribution in [3.63, 3.8) is 0 Å². The zero-order valence-corrected chi connectivity index (χ0v) is 17.4. The summed E-state index contributed by atoms with van der Waals surface area (Å²) in [5.41, 5.74) is 14.4. The summed E-state index contributed by atoms with van der Waals surface area (Å²) in [7, 11) is 1.56. The van der Waals surface area contributed by atoms with E-state index in [-0.39, 0.29) is 36.6 Å². The van der Waals surface area contributed by atoms with E-state index in [1.807, 2.05) is 30.3 Å². The van der Waals surface area contributed by atoms with E-state index >= 15 is 0 Å². The highest BCUT2D eigenvalue weighted by molar-refractivity contribution is 6.24. The van der Waals surface area contributed by atoms with Crippen LogP contribution in [-0.4, -0.2) is 30.5 Å². The lowest BCUT2D eigenvalue weighted by Crippen LogP contribution is -2.44. The van der Waals surface area contributed by atoms with Gasteiger partial charge in [-0.25, -0.2) is 9.98 Å². The van der Waals surface area contributed by atoms with Gasteiger partial charge in [0.25, 0.3) is 0 Å². The lowest BCUT2D eigenvalue weighted by Gasteiger charge is -2.26. The third kappa shape index (κ3) is 3.59. The Morgan fingerprint density at radius 3 is 2.52 bits per heavy atom. The molecule has 1 aliphatic heterocycles. The van der Waals surface area contributed by atoms with Crippen LogP contribution < -0.4 is 16.2 Å². The number of nitrogens with zero attached hydrogens (tertiary/aromatic N) is 3. The smallest absolute Gasteiger partial charge is 0.219 e. The largest absolute Gasteiger partial charge is 0.496 e. The maximum atomic E-state index is 8.30. The van der Waals surface area contributed by atoms with Gasteiger partial charge < -0.3 is 16.2 Å². The number of fused-ring (bicyclic) bond motifs is 1. The van der Waals surface area contributed by atoms with Crippen molar-refractivity contribution in [1.29, 1.82) is 5.41 Å². The molecule has 1 heterocycles. The minimum Gasteiger partial charge on any atom is -0.496 e. The van der Waals surface area contributed by atoms with E-state index in [0.717, 1.165) is 24.1 Å². The average molecular weight is 433 g/mol. The van der Waals surface area contributed by atoms with E-state index in [1.54, 1.807) is 19.2 Å². The minimum atomic E-state index is -1.39. The molecule has 4 rings (SSSR count). The van der Waals surface area contributed by atoms with Crippen molar-refractivity contribution >= 4 is 48.2 Å². The molecule has 0 saturated carbocycles. The number of rotatable bonds is 3. The van der Waals surface area contributed by atoms with Crippen molar-refractivity contribution in [2.75, 3.05) is 7.11 Å². The van der Waals surface area contributed by atoms with Gasteiger partial charge in [0.2, 0.25) is 11.5 Å². The van der Waals surface area contributed by atoms with Crippen molar-refractivity contribution in [3.05, 3.63) is 65.2 Å². The average Bonchev–Trinajstić information content (AvgIpc) is 3.23. The number of aryl methyl sites for hydroxylation is 1. The van der Waals surface area contributed by atoms with Crippen LogP contribution in [0.3, 0.4) is 0 Å². The highest BCUT2D eigenvalue weighted by atomic mass is 35.5. The summed E-state index contributed by atoms with van der Waals surface area (Å²) in [6.45, 7) is 0. The Morgan fingerprint density at radius 2 is 1.79 bits per heavy atom. The van der Waals surface area contributed by atoms with Crippen LogP contribution in [0.5, 0.6) is 5.75 Å². The Balaban J connectivity index is 0.00000150. The van der Waals surface area contributed by atoms with Crippen molar-refractivity contribution in [2.45, 2.75) is 18.4 Å². The maximum absolute atomic E-state index is 8.30. The molecule has 29 heavy (non-hydrogen) atoms. The Kier molecular flexibility index (Phi) is 6.66. The van der Waals surface area contributed by atoms with Gasteiger partial charge >= 0.3 is 0 Å². The van der Waals surface area contributed by atoms with Gasteiger partial charge in [0.15, 0.2) is 5.84 Å². The van der Waals surface area contributed by atoms with Crippen LogP contribution >= 0.6 is 24.8 Å². The van der Waals surface area contributed by atoms with E-state index < -0.39 is 5.54 Å². The molecule has 0 bridgehead atoms. The normalized spacial score (nSPS) is 20.8. The van der Waals surface area contributed by atoms with E-state index in [9.17, 15) is 0 Å². The number of para-hydroxylation sites is 1. The van der Waals surface area contributed by atoms with Crippen LogP contribution in [0.4, 0.5) is 0 Å². The standard InChI is InChI=1S/C20H20N6O.2ClH/c1-27-16-9-5-4-8-14(16)20(17(21)22)18(25-19(23)26-20)24-15-11-10-12-6-2-3-7-13(12)15;;/h2-9H,10-11H2,1H3,(H3,21,22)(H2,23,26);2*1H. The molecular weight excluding hydrogens is 411 g/mol. The monoisotopic (exact) mass is 432 g/mol. The molecule has 1 unspecified atom stereocenters. The predicted molar refractivity (Wildman–Crippen MR) is 121 cm³/mol. The fraction of sp³-hybridized carbons (Fsp3) is 0.200. The second kappa shape index (κ2) is 8.63. The molecule has 2 aliphatic rings. The number of benzene rings is 2. The number of amidine groups is 2. The van der Waals surface area contributed by atoms with Crippen LogP contribution in [0.15, 0.2) is 63.5 Å². The van der Waals surface area contributed by atoms with Gasteiger partial charge in [0.05, 0.1) is 12.8 Å². The minimum absolute atomic E-state index is 0. The molecule has 9 heteroatoms. The number of aliphatic imine (C=N–C) groups is 3. The summed E-state index contributed by atoms with van der Waals surface area (Å²) < 4.78 is 5.48. The third-order valence-electron chi connectivity index (χ3n) is 4.91. The number of hydrogen-bond acceptors (Lipinski definition) is 6. The Bertz CT molecular complexity index is 1030. The van der Waals surface area contributed by atoms with Crippen LogP contribution in [0, 0.1) is 5.41 Å². The molecule has 1 atom stereocenters. The number of guanidine groups is 1. The topological polar surface area (TPSA) is 122 Å². The Morgan fingerprint density at radius 1 is 1.10 bits per heavy atom. The number of hydrogen-bond donors (Lipinski definition) is 3. The SMILES string of the molecule is COc1ccccc1C1(C(=N)N)N=C(N)N=C1N=C1CCc2ccccc21.Cl.Cl. The first-order chi connectivity index (χ1) is 13.1. The van der Waals surface area contributed by atoms with Crippen molar-refractivity contribution in [3.8, 4) is 5.75 Å². The lowest BCUT2D eigenvalue weighted by atomic mass is 9.87. The van der Waals surface area contributed by atoms with Gasteiger partial charge in [0, 0.05) is 5.56 Å². The van der Waals surface area contributed by atoms with Gasteiger partial charge in [-0.2, -0.15) is 4.99 Å². The summed E-state index contributed by atoms with van der Waals surface area (Å²) >= 11 is 0. The third-order valence-corrected chi connectivity index (χ3v) is 4.91. The molecular formula is C20H22Cl2N6O. The van der Waals surface area contributed by atoms with E-state index in [1.165, 1.54) is 5.56 Å². The van der Waals surface area contributed by atoms with Crippen molar-refractivity contribution < 1.29 is 4.74 Å². The molecule has 1 aliphatic carbocycles. The van der Waals surface area contributed by atoms with Gasteiger partial charge in [-0.1, -0.05) is 42.5 Å². The lowest BCUT2D eigenvalue weighted by molar-refractivity contribution is 0.406. The molecule has 152 valence electrons. The zero-order valence-electron chi connectivity index (χ0n) is 15.8. The molecule has 0 fully saturated rings. The quantitative estimate of drug-likeness (QED) is 0.510. The summed E-state index contributed by atoms with van der Waals surface area (Å²) in [4.78, 5) is 13.6. The van der Waals surface area contributed by atoms with Gasteiger partial charge in [-0.05, 0) is 30.0 Å². The van der Waals surface area contributed by atoms with Gasteiger partial charge in [-0.3, -0.25) is 5.41 Å². The van der Waals surface area contributed by atoms with Crippen LogP contribution in [0.25, 0.3) is 0 Å². The first kappa shape index (κ1) is 22.4. The highest BCUT2D eigenvalue weighted by Crippen LogP contribution is 2.38. The summed E-state index contributed by atoms with van der Waals surface area (Å²) in [6.07, 6.45) is 1.71. The summed E-state index contributed by atoms with van der Waals surface area (Å²) in [5.74, 6) is 0.679. The fourth-order valence-corrected chi connectivity index (χ4v) is 3.64. The predicted octanol–water partition coefficient (Wildman–Crippen LogP) is 2.83. The molecule has 0 spiro atoms. The number of methoxy groups -OCH3 is 1. The second-order valence-corrected chi connectivity index (χ2v) is 6.45. The number of ether oxygens (including phenoxy) is 1. The first-order valence-corrected chi connectivity index (χ1v) is 8.64. The highest BCUT2D eigenvalue weighted by Gasteiger charge is 2.47. The van der Waals surface area contributed by atoms with E-state index in [0.29, 0.717) is 17.1 Å². The maximum Gasteiger partial charge on any atom is 0.219 e. The Labute approximate surface area is 181 Å². The van der Waals surface area contributed by atoms with Gasteiger partial charge in [0.1, 0.15) is 11.6 Å². The van der Waals surface area contributed by atoms with Gasteiger partial charge in [-0.15, -0.1) is 24.8 Å². The van der Waals surface area contributed by atoms with E-state index in [4.69, 9.17) is 26.6 Å². The molecule has 0 radical (unpaired) electrons. The summed E-state index contributed by atoms with van der Waals surface area (Å²) in [6, 6.07) is 15.4. The molecule has 0 amide bonds. The molecule has 2 aromatic carbocycles. The zero-order chi connectivity index (χ0) is 19.0. The molecule has 5 N–H and O–H groups in total. The first-order valence-electron chi connectivity index (χ1n) is 8.64. The number of nitrogens with one attached hydrogen (secondary N) is 1. The Hall–Kier alpha value is -2.90. The molecule has 2 aromatic rings. The number of halogens is 2. The van der Waals surface area contributed by atoms with Crippen molar-refractivity contribution in [1.82, 2.24) is 0 Å². The second-order valence-electron chi connectivity index (χ2n) is 6.45. The van der Waals surface area contributed by atoms with Crippen LogP contribution in [-0.2, 0) is 12.0 Å². The summed E-state index contributed by atoms with van der Waals surface area (Å²) in [5, 5.41) is 8.30. The number of nitrogens with two attached hydrogens (primary N) is 2. The molecule has 0 saturated heterocycles. The van der Waals surface area contributed by atoms with Crippen LogP contribution in [0.2, 0.25) is 0 Å². The molecule has 7 nitrogen and oxygen atoms in total. The van der Waals surface area contributed by atoms with Crippen LogP contribution in [0.1, 0.15) is 23.1 Å². The van der Waals surface area contributed by atoms with E-state index in [2.05, 4.69) is 16.1 Å². The van der Waals surface area contributed by atoms with Crippen molar-refractivity contribution in [2.24, 2.45) is 26.4 Å². The molecule has 0 aromatic heterocycles.